The second-order valence-corrected chi connectivity index (χ2v) is 3.67. The fraction of sp³-hybridized carbons (Fsp3) is 0.900. The van der Waals surface area contributed by atoms with Crippen molar-refractivity contribution in [2.24, 2.45) is 0 Å². The van der Waals surface area contributed by atoms with Gasteiger partial charge in [-0.05, 0) is 19.8 Å². The van der Waals surface area contributed by atoms with Crippen LogP contribution in [0.15, 0.2) is 0 Å². The Kier molecular flexibility index (Phi) is 7.14. The number of hydrogen-bond donors (Lipinski definition) is 1. The molecule has 3 heteroatoms. The van der Waals surface area contributed by atoms with E-state index in [2.05, 4.69) is 33.4 Å². The molecular formula is C10H21NOS. The smallest absolute Gasteiger partial charge is 0.232 e. The summed E-state index contributed by atoms with van der Waals surface area (Å²) >= 11 is 4.02. The predicted molar refractivity (Wildman–Crippen MR) is 60.2 cm³/mol. The van der Waals surface area contributed by atoms with E-state index in [1.54, 1.807) is 0 Å². The maximum Gasteiger partial charge on any atom is 0.232 e. The zero-order valence-corrected chi connectivity index (χ0v) is 9.81. The Morgan fingerprint density at radius 2 is 2.08 bits per heavy atom. The SMILES string of the molecule is CCCCN(C(=O)CS)C(C)CC. The van der Waals surface area contributed by atoms with E-state index in [4.69, 9.17) is 0 Å². The number of carbonyl (C=O) groups is 1. The van der Waals surface area contributed by atoms with Crippen LogP contribution in [0, 0.1) is 0 Å². The molecule has 0 aromatic carbocycles. The molecule has 0 spiro atoms. The van der Waals surface area contributed by atoms with Crippen LogP contribution in [-0.2, 0) is 4.79 Å². The highest BCUT2D eigenvalue weighted by atomic mass is 32.1. The maximum atomic E-state index is 11.5. The first-order valence-electron chi connectivity index (χ1n) is 5.07. The van der Waals surface area contributed by atoms with Crippen molar-refractivity contribution in [2.75, 3.05) is 12.3 Å². The summed E-state index contributed by atoms with van der Waals surface area (Å²) in [5.74, 6) is 0.486. The quantitative estimate of drug-likeness (QED) is 0.657. The van der Waals surface area contributed by atoms with E-state index in [1.165, 1.54) is 0 Å². The summed E-state index contributed by atoms with van der Waals surface area (Å²) in [6.07, 6.45) is 3.24. The predicted octanol–water partition coefficient (Wildman–Crippen LogP) is 2.34. The Morgan fingerprint density at radius 3 is 2.46 bits per heavy atom. The number of unbranched alkanes of at least 4 members (excludes halogenated alkanes) is 1. The Labute approximate surface area is 87.1 Å². The van der Waals surface area contributed by atoms with Crippen molar-refractivity contribution in [2.45, 2.75) is 46.1 Å². The lowest BCUT2D eigenvalue weighted by atomic mass is 10.2. The lowest BCUT2D eigenvalue weighted by Gasteiger charge is -2.28. The third-order valence-corrected chi connectivity index (χ3v) is 2.60. The van der Waals surface area contributed by atoms with E-state index in [0.29, 0.717) is 11.8 Å². The topological polar surface area (TPSA) is 20.3 Å². The molecule has 0 rings (SSSR count). The molecule has 0 bridgehead atoms. The van der Waals surface area contributed by atoms with Gasteiger partial charge in [0.25, 0.3) is 0 Å². The molecule has 0 saturated heterocycles. The minimum absolute atomic E-state index is 0.158. The molecule has 1 unspecified atom stereocenters. The molecule has 0 aliphatic heterocycles. The number of nitrogens with zero attached hydrogens (tertiary/aromatic N) is 1. The first-order chi connectivity index (χ1) is 6.17. The van der Waals surface area contributed by atoms with Gasteiger partial charge >= 0.3 is 0 Å². The molecule has 13 heavy (non-hydrogen) atoms. The van der Waals surface area contributed by atoms with Crippen LogP contribution in [0.2, 0.25) is 0 Å². The molecule has 0 aliphatic carbocycles. The fourth-order valence-electron chi connectivity index (χ4n) is 1.23. The van der Waals surface area contributed by atoms with Crippen molar-refractivity contribution >= 4 is 18.5 Å². The molecular weight excluding hydrogens is 182 g/mol. The van der Waals surface area contributed by atoms with E-state index >= 15 is 0 Å². The Bertz CT molecular complexity index is 150. The monoisotopic (exact) mass is 203 g/mol. The molecule has 0 aliphatic rings. The molecule has 0 aromatic rings. The van der Waals surface area contributed by atoms with Crippen molar-refractivity contribution in [1.29, 1.82) is 0 Å². The summed E-state index contributed by atoms with van der Waals surface area (Å²) in [6.45, 7) is 7.22. The third kappa shape index (κ3) is 4.55. The molecule has 78 valence electrons. The summed E-state index contributed by atoms with van der Waals surface area (Å²) in [6, 6.07) is 0.353. The second-order valence-electron chi connectivity index (χ2n) is 3.36. The number of hydrogen-bond acceptors (Lipinski definition) is 2. The van der Waals surface area contributed by atoms with Crippen LogP contribution >= 0.6 is 12.6 Å². The first-order valence-corrected chi connectivity index (χ1v) is 5.70. The molecule has 1 amide bonds. The van der Waals surface area contributed by atoms with E-state index in [-0.39, 0.29) is 5.91 Å². The fourth-order valence-corrected chi connectivity index (χ4v) is 1.41. The average Bonchev–Trinajstić information content (AvgIpc) is 2.17. The number of rotatable bonds is 6. The van der Waals surface area contributed by atoms with Gasteiger partial charge in [0.1, 0.15) is 0 Å². The van der Waals surface area contributed by atoms with Gasteiger partial charge in [-0.1, -0.05) is 20.3 Å². The van der Waals surface area contributed by atoms with Crippen molar-refractivity contribution in [3.8, 4) is 0 Å². The summed E-state index contributed by atoms with van der Waals surface area (Å²) < 4.78 is 0. The minimum atomic E-state index is 0.158. The van der Waals surface area contributed by atoms with E-state index < -0.39 is 0 Å². The van der Waals surface area contributed by atoms with Gasteiger partial charge in [-0.15, -0.1) is 0 Å². The molecule has 0 N–H and O–H groups in total. The van der Waals surface area contributed by atoms with Gasteiger partial charge in [0.05, 0.1) is 5.75 Å². The van der Waals surface area contributed by atoms with E-state index in [9.17, 15) is 4.79 Å². The highest BCUT2D eigenvalue weighted by Gasteiger charge is 2.16. The maximum absolute atomic E-state index is 11.5. The van der Waals surface area contributed by atoms with Crippen molar-refractivity contribution in [3.63, 3.8) is 0 Å². The molecule has 2 nitrogen and oxygen atoms in total. The molecule has 1 atom stereocenters. The second kappa shape index (κ2) is 7.25. The summed E-state index contributed by atoms with van der Waals surface area (Å²) in [5, 5.41) is 0. The third-order valence-electron chi connectivity index (χ3n) is 2.33. The zero-order chi connectivity index (χ0) is 10.3. The van der Waals surface area contributed by atoms with Crippen molar-refractivity contribution in [1.82, 2.24) is 4.90 Å². The summed E-state index contributed by atoms with van der Waals surface area (Å²) in [5.41, 5.74) is 0. The van der Waals surface area contributed by atoms with Gasteiger partial charge in [0.15, 0.2) is 0 Å². The Morgan fingerprint density at radius 1 is 1.46 bits per heavy atom. The van der Waals surface area contributed by atoms with Crippen LogP contribution < -0.4 is 0 Å². The average molecular weight is 203 g/mol. The largest absolute Gasteiger partial charge is 0.339 e. The Hall–Kier alpha value is -0.180. The van der Waals surface area contributed by atoms with Gasteiger partial charge in [-0.25, -0.2) is 0 Å². The number of thiol groups is 1. The minimum Gasteiger partial charge on any atom is -0.339 e. The van der Waals surface area contributed by atoms with Gasteiger partial charge in [0.2, 0.25) is 5.91 Å². The lowest BCUT2D eigenvalue weighted by molar-refractivity contribution is -0.130. The molecule has 0 heterocycles. The van der Waals surface area contributed by atoms with Crippen molar-refractivity contribution < 1.29 is 4.79 Å². The van der Waals surface area contributed by atoms with Crippen LogP contribution in [0.4, 0.5) is 0 Å². The van der Waals surface area contributed by atoms with Crippen molar-refractivity contribution in [3.05, 3.63) is 0 Å². The molecule has 0 radical (unpaired) electrons. The van der Waals surface area contributed by atoms with Crippen LogP contribution in [0.3, 0.4) is 0 Å². The number of amides is 1. The zero-order valence-electron chi connectivity index (χ0n) is 8.92. The first kappa shape index (κ1) is 12.8. The van der Waals surface area contributed by atoms with Gasteiger partial charge in [0, 0.05) is 12.6 Å². The summed E-state index contributed by atoms with van der Waals surface area (Å²) in [4.78, 5) is 13.4. The van der Waals surface area contributed by atoms with Gasteiger partial charge in [-0.3, -0.25) is 4.79 Å². The Balaban J connectivity index is 4.09. The normalized spacial score (nSPS) is 12.6. The molecule has 0 saturated carbocycles. The highest BCUT2D eigenvalue weighted by molar-refractivity contribution is 7.81. The molecule has 0 fully saturated rings. The van der Waals surface area contributed by atoms with Crippen LogP contribution in [-0.4, -0.2) is 29.1 Å². The molecule has 0 aromatic heterocycles. The van der Waals surface area contributed by atoms with Gasteiger partial charge in [-0.2, -0.15) is 12.6 Å². The highest BCUT2D eigenvalue weighted by Crippen LogP contribution is 2.06. The van der Waals surface area contributed by atoms with E-state index in [1.807, 2.05) is 4.90 Å². The van der Waals surface area contributed by atoms with Crippen LogP contribution in [0.1, 0.15) is 40.0 Å². The number of carbonyl (C=O) groups excluding carboxylic acids is 1. The van der Waals surface area contributed by atoms with Gasteiger partial charge < -0.3 is 4.90 Å². The standard InChI is InChI=1S/C10H21NOS/c1-4-6-7-11(9(3)5-2)10(12)8-13/h9,13H,4-8H2,1-3H3. The van der Waals surface area contributed by atoms with E-state index in [0.717, 1.165) is 25.8 Å². The van der Waals surface area contributed by atoms with Crippen LogP contribution in [0.25, 0.3) is 0 Å². The summed E-state index contributed by atoms with van der Waals surface area (Å²) in [7, 11) is 0. The van der Waals surface area contributed by atoms with Crippen LogP contribution in [0.5, 0.6) is 0 Å². The lowest BCUT2D eigenvalue weighted by Crippen LogP contribution is -2.39.